The number of hydrogen-bond donors (Lipinski definition) is 0. The molecule has 4 rings (SSSR count). The molecule has 2 heterocycles. The average molecular weight is 433 g/mol. The second-order valence-corrected chi connectivity index (χ2v) is 7.66. The van der Waals surface area contributed by atoms with Crippen LogP contribution < -0.4 is 0 Å². The number of nitrogens with zero attached hydrogens (tertiary/aromatic N) is 3. The zero-order chi connectivity index (χ0) is 16.5. The van der Waals surface area contributed by atoms with Crippen LogP contribution >= 0.6 is 22.6 Å². The number of rotatable bonds is 3. The highest BCUT2D eigenvalue weighted by atomic mass is 127. The summed E-state index contributed by atoms with van der Waals surface area (Å²) in [6.07, 6.45) is 0. The minimum Gasteiger partial charge on any atom is -0.436 e. The Morgan fingerprint density at radius 2 is 1.92 bits per heavy atom. The molecule has 0 atom stereocenters. The van der Waals surface area contributed by atoms with Crippen LogP contribution in [-0.2, 0) is 6.54 Å². The first-order valence-corrected chi connectivity index (χ1v) is 9.31. The molecular formula is C19H20IN3O. The highest BCUT2D eigenvalue weighted by molar-refractivity contribution is 14.1. The predicted molar refractivity (Wildman–Crippen MR) is 105 cm³/mol. The van der Waals surface area contributed by atoms with Crippen molar-refractivity contribution in [1.29, 1.82) is 0 Å². The second kappa shape index (κ2) is 6.82. The summed E-state index contributed by atoms with van der Waals surface area (Å²) in [6, 6.07) is 14.6. The van der Waals surface area contributed by atoms with E-state index in [1.165, 1.54) is 9.13 Å². The largest absolute Gasteiger partial charge is 0.436 e. The Hall–Kier alpha value is -1.44. The Bertz CT molecular complexity index is 853. The summed E-state index contributed by atoms with van der Waals surface area (Å²) in [5, 5.41) is 0. The van der Waals surface area contributed by atoms with Crippen LogP contribution in [0.4, 0.5) is 0 Å². The van der Waals surface area contributed by atoms with E-state index < -0.39 is 0 Å². The fraction of sp³-hybridized carbons (Fsp3) is 0.316. The number of oxazole rings is 1. The molecule has 3 aromatic rings. The Balaban J connectivity index is 1.57. The SMILES string of the molecule is CN1CCN(Cc2ccc3oc(-c4cccc(I)c4)nc3c2)CC1. The zero-order valence-corrected chi connectivity index (χ0v) is 15.9. The fourth-order valence-corrected chi connectivity index (χ4v) is 3.62. The third-order valence-corrected chi connectivity index (χ3v) is 5.20. The van der Waals surface area contributed by atoms with Gasteiger partial charge in [0.15, 0.2) is 5.58 Å². The van der Waals surface area contributed by atoms with Gasteiger partial charge in [-0.3, -0.25) is 4.90 Å². The highest BCUT2D eigenvalue weighted by Crippen LogP contribution is 2.26. The molecule has 0 N–H and O–H groups in total. The Morgan fingerprint density at radius 3 is 2.71 bits per heavy atom. The summed E-state index contributed by atoms with van der Waals surface area (Å²) < 4.78 is 7.12. The minimum absolute atomic E-state index is 0.695. The van der Waals surface area contributed by atoms with E-state index in [1.54, 1.807) is 0 Å². The molecule has 2 aromatic carbocycles. The van der Waals surface area contributed by atoms with Gasteiger partial charge in [-0.05, 0) is 65.5 Å². The van der Waals surface area contributed by atoms with E-state index in [2.05, 4.69) is 63.7 Å². The molecule has 24 heavy (non-hydrogen) atoms. The molecule has 0 aliphatic carbocycles. The lowest BCUT2D eigenvalue weighted by molar-refractivity contribution is 0.148. The third kappa shape index (κ3) is 3.48. The Kier molecular flexibility index (Phi) is 4.56. The molecule has 1 aliphatic heterocycles. The topological polar surface area (TPSA) is 32.5 Å². The monoisotopic (exact) mass is 433 g/mol. The molecule has 5 heteroatoms. The lowest BCUT2D eigenvalue weighted by atomic mass is 10.2. The van der Waals surface area contributed by atoms with Crippen molar-refractivity contribution in [2.24, 2.45) is 0 Å². The standard InChI is InChI=1S/C19H20IN3O/c1-22-7-9-23(10-8-22)13-14-5-6-18-17(11-14)21-19(24-18)15-3-2-4-16(20)12-15/h2-6,11-12H,7-10,13H2,1H3. The molecule has 1 saturated heterocycles. The van der Waals surface area contributed by atoms with E-state index in [0.29, 0.717) is 5.89 Å². The maximum atomic E-state index is 5.93. The first-order chi connectivity index (χ1) is 11.7. The molecule has 0 amide bonds. The minimum atomic E-state index is 0.695. The Labute approximate surface area is 155 Å². The van der Waals surface area contributed by atoms with Gasteiger partial charge in [0.25, 0.3) is 0 Å². The molecule has 0 bridgehead atoms. The van der Waals surface area contributed by atoms with Gasteiger partial charge in [-0.25, -0.2) is 4.98 Å². The van der Waals surface area contributed by atoms with Gasteiger partial charge in [0.1, 0.15) is 5.52 Å². The average Bonchev–Trinajstić information content (AvgIpc) is 3.00. The van der Waals surface area contributed by atoms with Crippen LogP contribution in [0.2, 0.25) is 0 Å². The summed E-state index contributed by atoms with van der Waals surface area (Å²) in [7, 11) is 2.19. The molecule has 0 unspecified atom stereocenters. The second-order valence-electron chi connectivity index (χ2n) is 6.41. The number of benzene rings is 2. The Morgan fingerprint density at radius 1 is 1.08 bits per heavy atom. The molecule has 4 nitrogen and oxygen atoms in total. The van der Waals surface area contributed by atoms with E-state index in [4.69, 9.17) is 9.40 Å². The van der Waals surface area contributed by atoms with Crippen LogP contribution in [0.1, 0.15) is 5.56 Å². The normalized spacial score (nSPS) is 16.8. The van der Waals surface area contributed by atoms with Gasteiger partial charge in [0.2, 0.25) is 5.89 Å². The lowest BCUT2D eigenvalue weighted by Crippen LogP contribution is -2.43. The van der Waals surface area contributed by atoms with Gasteiger partial charge in [-0.1, -0.05) is 12.1 Å². The van der Waals surface area contributed by atoms with Crippen molar-refractivity contribution in [1.82, 2.24) is 14.8 Å². The van der Waals surface area contributed by atoms with Gasteiger partial charge in [0.05, 0.1) is 0 Å². The van der Waals surface area contributed by atoms with Crippen molar-refractivity contribution in [2.45, 2.75) is 6.54 Å². The number of hydrogen-bond acceptors (Lipinski definition) is 4. The molecule has 0 radical (unpaired) electrons. The molecule has 0 spiro atoms. The number of aromatic nitrogens is 1. The number of halogens is 1. The zero-order valence-electron chi connectivity index (χ0n) is 13.7. The molecule has 0 saturated carbocycles. The third-order valence-electron chi connectivity index (χ3n) is 4.53. The predicted octanol–water partition coefficient (Wildman–Crippen LogP) is 3.85. The van der Waals surface area contributed by atoms with E-state index in [0.717, 1.165) is 49.4 Å². The van der Waals surface area contributed by atoms with E-state index >= 15 is 0 Å². The van der Waals surface area contributed by atoms with Crippen LogP contribution in [0.15, 0.2) is 46.9 Å². The van der Waals surface area contributed by atoms with Crippen LogP contribution in [0, 0.1) is 3.57 Å². The van der Waals surface area contributed by atoms with Crippen LogP contribution in [-0.4, -0.2) is 48.0 Å². The van der Waals surface area contributed by atoms with E-state index in [-0.39, 0.29) is 0 Å². The first kappa shape index (κ1) is 16.1. The molecular weight excluding hydrogens is 413 g/mol. The number of likely N-dealkylation sites (N-methyl/N-ethyl adjacent to an activating group) is 1. The first-order valence-electron chi connectivity index (χ1n) is 8.24. The smallest absolute Gasteiger partial charge is 0.227 e. The van der Waals surface area contributed by atoms with Crippen LogP contribution in [0.25, 0.3) is 22.6 Å². The molecule has 124 valence electrons. The highest BCUT2D eigenvalue weighted by Gasteiger charge is 2.15. The van der Waals surface area contributed by atoms with Gasteiger partial charge >= 0.3 is 0 Å². The van der Waals surface area contributed by atoms with Crippen molar-refractivity contribution >= 4 is 33.7 Å². The lowest BCUT2D eigenvalue weighted by Gasteiger charge is -2.32. The van der Waals surface area contributed by atoms with Crippen molar-refractivity contribution < 1.29 is 4.42 Å². The van der Waals surface area contributed by atoms with Crippen LogP contribution in [0.5, 0.6) is 0 Å². The fourth-order valence-electron chi connectivity index (χ4n) is 3.08. The van der Waals surface area contributed by atoms with Crippen molar-refractivity contribution in [2.75, 3.05) is 33.2 Å². The van der Waals surface area contributed by atoms with Gasteiger partial charge in [0, 0.05) is 41.9 Å². The number of piperazine rings is 1. The van der Waals surface area contributed by atoms with Gasteiger partial charge in [-0.2, -0.15) is 0 Å². The summed E-state index contributed by atoms with van der Waals surface area (Å²) in [5.74, 6) is 0.695. The van der Waals surface area contributed by atoms with E-state index in [9.17, 15) is 0 Å². The summed E-state index contributed by atoms with van der Waals surface area (Å²) >= 11 is 2.31. The van der Waals surface area contributed by atoms with Gasteiger partial charge < -0.3 is 9.32 Å². The van der Waals surface area contributed by atoms with E-state index in [1.807, 2.05) is 18.2 Å². The van der Waals surface area contributed by atoms with Crippen LogP contribution in [0.3, 0.4) is 0 Å². The molecule has 1 fully saturated rings. The van der Waals surface area contributed by atoms with Crippen molar-refractivity contribution in [3.05, 3.63) is 51.6 Å². The van der Waals surface area contributed by atoms with Crippen molar-refractivity contribution in [3.8, 4) is 11.5 Å². The van der Waals surface area contributed by atoms with Crippen molar-refractivity contribution in [3.63, 3.8) is 0 Å². The maximum Gasteiger partial charge on any atom is 0.227 e. The summed E-state index contributed by atoms with van der Waals surface area (Å²) in [6.45, 7) is 5.52. The van der Waals surface area contributed by atoms with Gasteiger partial charge in [-0.15, -0.1) is 0 Å². The maximum absolute atomic E-state index is 5.93. The quantitative estimate of drug-likeness (QED) is 0.588. The molecule has 1 aliphatic rings. The summed E-state index contributed by atoms with van der Waals surface area (Å²) in [5.41, 5.74) is 4.12. The molecule has 1 aromatic heterocycles. The number of fused-ring (bicyclic) bond motifs is 1. The summed E-state index contributed by atoms with van der Waals surface area (Å²) in [4.78, 5) is 9.57.